The number of sulfonamides is 1. The van der Waals surface area contributed by atoms with Gasteiger partial charge < -0.3 is 10.1 Å². The van der Waals surface area contributed by atoms with Crippen molar-refractivity contribution in [2.45, 2.75) is 11.1 Å². The van der Waals surface area contributed by atoms with Gasteiger partial charge in [-0.3, -0.25) is 4.79 Å². The minimum atomic E-state index is -4.66. The molecule has 2 aromatic carbocycles. The van der Waals surface area contributed by atoms with E-state index in [0.29, 0.717) is 11.4 Å². The summed E-state index contributed by atoms with van der Waals surface area (Å²) < 4.78 is 66.6. The van der Waals surface area contributed by atoms with Crippen molar-refractivity contribution in [3.63, 3.8) is 0 Å². The largest absolute Gasteiger partial charge is 0.497 e. The van der Waals surface area contributed by atoms with Crippen LogP contribution in [0, 0.1) is 0 Å². The van der Waals surface area contributed by atoms with Gasteiger partial charge in [0, 0.05) is 11.8 Å². The number of carbonyl (C=O) groups is 1. The molecule has 0 saturated heterocycles. The van der Waals surface area contributed by atoms with E-state index in [9.17, 15) is 26.4 Å². The van der Waals surface area contributed by atoms with Gasteiger partial charge in [0.1, 0.15) is 12.3 Å². The lowest BCUT2D eigenvalue weighted by Crippen LogP contribution is -2.33. The average Bonchev–Trinajstić information content (AvgIpc) is 2.65. The minimum absolute atomic E-state index is 0.291. The average molecular weight is 414 g/mol. The standard InChI is InChI=1S/C18H17F3N2O4S/c1-27-15-7-2-13(3-8-15)4-11-17(24)23-14-5-9-16(10-6-14)28(25,26)22-12-18(19,20)21/h2-11,22H,12H2,1H3,(H,23,24)/b11-4+. The van der Waals surface area contributed by atoms with Crippen LogP contribution >= 0.6 is 0 Å². The van der Waals surface area contributed by atoms with E-state index in [2.05, 4.69) is 5.32 Å². The first-order valence-corrected chi connectivity index (χ1v) is 9.37. The van der Waals surface area contributed by atoms with Crippen molar-refractivity contribution in [2.75, 3.05) is 19.0 Å². The van der Waals surface area contributed by atoms with E-state index in [1.54, 1.807) is 37.5 Å². The first-order valence-electron chi connectivity index (χ1n) is 7.89. The highest BCUT2D eigenvalue weighted by atomic mass is 32.2. The van der Waals surface area contributed by atoms with Crippen LogP contribution in [-0.2, 0) is 14.8 Å². The van der Waals surface area contributed by atoms with Gasteiger partial charge in [0.15, 0.2) is 0 Å². The van der Waals surface area contributed by atoms with Gasteiger partial charge in [-0.2, -0.15) is 13.2 Å². The predicted octanol–water partition coefficient (Wildman–Crippen LogP) is 3.19. The van der Waals surface area contributed by atoms with Gasteiger partial charge in [-0.25, -0.2) is 13.1 Å². The fourth-order valence-corrected chi connectivity index (χ4v) is 3.06. The van der Waals surface area contributed by atoms with E-state index < -0.39 is 28.7 Å². The van der Waals surface area contributed by atoms with Crippen molar-refractivity contribution in [1.29, 1.82) is 0 Å². The molecule has 0 aliphatic heterocycles. The molecule has 0 saturated carbocycles. The molecule has 10 heteroatoms. The molecule has 0 fully saturated rings. The number of carbonyl (C=O) groups excluding carboxylic acids is 1. The van der Waals surface area contributed by atoms with Crippen molar-refractivity contribution >= 4 is 27.7 Å². The van der Waals surface area contributed by atoms with E-state index in [1.807, 2.05) is 0 Å². The number of halogens is 3. The molecule has 0 unspecified atom stereocenters. The molecule has 0 spiro atoms. The fraction of sp³-hybridized carbons (Fsp3) is 0.167. The fourth-order valence-electron chi connectivity index (χ4n) is 2.05. The Morgan fingerprint density at radius 3 is 2.21 bits per heavy atom. The van der Waals surface area contributed by atoms with E-state index >= 15 is 0 Å². The summed E-state index contributed by atoms with van der Waals surface area (Å²) >= 11 is 0. The first-order chi connectivity index (χ1) is 13.1. The number of methoxy groups -OCH3 is 1. The molecule has 0 aliphatic carbocycles. The van der Waals surface area contributed by atoms with Crippen molar-refractivity contribution < 1.29 is 31.1 Å². The third-order valence-corrected chi connectivity index (χ3v) is 4.85. The molecule has 0 aromatic heterocycles. The van der Waals surface area contributed by atoms with Crippen LogP contribution in [0.1, 0.15) is 5.56 Å². The first kappa shape index (κ1) is 21.5. The van der Waals surface area contributed by atoms with Crippen molar-refractivity contribution in [3.8, 4) is 5.75 Å². The van der Waals surface area contributed by atoms with Gasteiger partial charge in [0.25, 0.3) is 0 Å². The predicted molar refractivity (Wildman–Crippen MR) is 98.3 cm³/mol. The zero-order valence-corrected chi connectivity index (χ0v) is 15.5. The lowest BCUT2D eigenvalue weighted by molar-refractivity contribution is -0.121. The molecule has 2 N–H and O–H groups in total. The Balaban J connectivity index is 1.97. The minimum Gasteiger partial charge on any atom is -0.497 e. The Morgan fingerprint density at radius 2 is 1.68 bits per heavy atom. The van der Waals surface area contributed by atoms with Crippen LogP contribution in [-0.4, -0.2) is 34.2 Å². The monoisotopic (exact) mass is 414 g/mol. The van der Waals surface area contributed by atoms with Gasteiger partial charge >= 0.3 is 6.18 Å². The quantitative estimate of drug-likeness (QED) is 0.682. The van der Waals surface area contributed by atoms with Crippen LogP contribution in [0.25, 0.3) is 6.08 Å². The van der Waals surface area contributed by atoms with Gasteiger partial charge in [-0.05, 0) is 48.0 Å². The van der Waals surface area contributed by atoms with Gasteiger partial charge in [0.2, 0.25) is 15.9 Å². The number of amides is 1. The number of hydrogen-bond acceptors (Lipinski definition) is 4. The molecular weight excluding hydrogens is 397 g/mol. The maximum Gasteiger partial charge on any atom is 0.402 e. The van der Waals surface area contributed by atoms with Crippen molar-refractivity contribution in [1.82, 2.24) is 4.72 Å². The summed E-state index contributed by atoms with van der Waals surface area (Å²) in [4.78, 5) is 11.6. The Morgan fingerprint density at radius 1 is 1.07 bits per heavy atom. The second-order valence-corrected chi connectivity index (χ2v) is 7.33. The van der Waals surface area contributed by atoms with Gasteiger partial charge in [-0.1, -0.05) is 12.1 Å². The molecule has 150 valence electrons. The summed E-state index contributed by atoms with van der Waals surface area (Å²) in [6.45, 7) is -1.66. The zero-order chi connectivity index (χ0) is 20.8. The molecule has 1 amide bonds. The van der Waals surface area contributed by atoms with E-state index in [-0.39, 0.29) is 4.90 Å². The van der Waals surface area contributed by atoms with Crippen LogP contribution in [0.5, 0.6) is 5.75 Å². The summed E-state index contributed by atoms with van der Waals surface area (Å²) in [5.74, 6) is 0.225. The van der Waals surface area contributed by atoms with Crippen LogP contribution in [0.4, 0.5) is 18.9 Å². The number of benzene rings is 2. The topological polar surface area (TPSA) is 84.5 Å². The SMILES string of the molecule is COc1ccc(/C=C/C(=O)Nc2ccc(S(=O)(=O)NCC(F)(F)F)cc2)cc1. The zero-order valence-electron chi connectivity index (χ0n) is 14.7. The van der Waals surface area contributed by atoms with E-state index in [1.165, 1.54) is 22.9 Å². The van der Waals surface area contributed by atoms with Gasteiger partial charge in [0.05, 0.1) is 12.0 Å². The number of alkyl halides is 3. The van der Waals surface area contributed by atoms with Crippen LogP contribution in [0.15, 0.2) is 59.5 Å². The Labute approximate surface area is 160 Å². The number of hydrogen-bond donors (Lipinski definition) is 2. The second kappa shape index (κ2) is 8.89. The normalized spacial score (nSPS) is 12.1. The highest BCUT2D eigenvalue weighted by molar-refractivity contribution is 7.89. The van der Waals surface area contributed by atoms with Gasteiger partial charge in [-0.15, -0.1) is 0 Å². The summed E-state index contributed by atoms with van der Waals surface area (Å²) in [5, 5.41) is 2.52. The summed E-state index contributed by atoms with van der Waals surface area (Å²) in [6, 6.07) is 11.8. The summed E-state index contributed by atoms with van der Waals surface area (Å²) in [7, 11) is -2.75. The maximum atomic E-state index is 12.2. The molecule has 2 aromatic rings. The smallest absolute Gasteiger partial charge is 0.402 e. The molecule has 0 radical (unpaired) electrons. The lowest BCUT2D eigenvalue weighted by Gasteiger charge is -2.10. The highest BCUT2D eigenvalue weighted by Crippen LogP contribution is 2.17. The number of rotatable bonds is 7. The number of anilines is 1. The van der Waals surface area contributed by atoms with Crippen LogP contribution in [0.3, 0.4) is 0 Å². The van der Waals surface area contributed by atoms with Crippen molar-refractivity contribution in [2.24, 2.45) is 0 Å². The van der Waals surface area contributed by atoms with E-state index in [0.717, 1.165) is 17.7 Å². The molecule has 2 rings (SSSR count). The van der Waals surface area contributed by atoms with Crippen LogP contribution in [0.2, 0.25) is 0 Å². The third-order valence-electron chi connectivity index (χ3n) is 3.44. The molecule has 0 bridgehead atoms. The molecular formula is C18H17F3N2O4S. The lowest BCUT2D eigenvalue weighted by atomic mass is 10.2. The molecule has 0 atom stereocenters. The Hall–Kier alpha value is -2.85. The molecule has 0 heterocycles. The van der Waals surface area contributed by atoms with E-state index in [4.69, 9.17) is 4.74 Å². The number of ether oxygens (including phenoxy) is 1. The third kappa shape index (κ3) is 6.71. The second-order valence-electron chi connectivity index (χ2n) is 5.56. The number of nitrogens with one attached hydrogen (secondary N) is 2. The highest BCUT2D eigenvalue weighted by Gasteiger charge is 2.30. The summed E-state index contributed by atoms with van der Waals surface area (Å²) in [6.07, 6.45) is -1.79. The summed E-state index contributed by atoms with van der Waals surface area (Å²) in [5.41, 5.74) is 1.06. The van der Waals surface area contributed by atoms with Crippen LogP contribution < -0.4 is 14.8 Å². The molecule has 6 nitrogen and oxygen atoms in total. The Kier molecular flexibility index (Phi) is 6.81. The molecule has 28 heavy (non-hydrogen) atoms. The van der Waals surface area contributed by atoms with Crippen molar-refractivity contribution in [3.05, 3.63) is 60.2 Å². The Bertz CT molecular complexity index is 938. The molecule has 0 aliphatic rings. The maximum absolute atomic E-state index is 12.2.